The number of primary amides is 1. The van der Waals surface area contributed by atoms with Crippen molar-refractivity contribution in [3.8, 4) is 0 Å². The van der Waals surface area contributed by atoms with E-state index in [1.807, 2.05) is 0 Å². The first-order valence-corrected chi connectivity index (χ1v) is 11.8. The van der Waals surface area contributed by atoms with Crippen LogP contribution in [0.2, 0.25) is 0 Å². The van der Waals surface area contributed by atoms with E-state index in [1.165, 1.54) is 32.1 Å². The minimum atomic E-state index is -0.826. The van der Waals surface area contributed by atoms with Crippen molar-refractivity contribution in [2.75, 3.05) is 0 Å². The first-order chi connectivity index (χ1) is 7.18. The molecule has 0 saturated heterocycles. The number of amides is 1. The number of rotatable bonds is 8. The van der Waals surface area contributed by atoms with Gasteiger partial charge in [0.1, 0.15) is 0 Å². The van der Waals surface area contributed by atoms with Gasteiger partial charge in [0.2, 0.25) is 5.91 Å². The second-order valence-corrected chi connectivity index (χ2v) is 7.14. The molecule has 90 valence electrons. The molecule has 0 fully saturated rings. The number of halogens is 2. The fraction of sp³-hybridized carbons (Fsp3) is 0.900. The Bertz CT molecular complexity index is 137. The molecule has 0 rings (SSSR count). The van der Waals surface area contributed by atoms with Crippen LogP contribution in [0.4, 0.5) is 0 Å². The third-order valence-electron chi connectivity index (χ3n) is 2.03. The summed E-state index contributed by atoms with van der Waals surface area (Å²) in [6.45, 7) is 2.22. The number of hydrogen-bond acceptors (Lipinski definition) is 1. The number of hydrogen-bond donors (Lipinski definition) is 1. The Kier molecular flexibility index (Phi) is 21.1. The molecule has 0 aromatic rings. The Morgan fingerprint density at radius 3 is 1.87 bits per heavy atom. The fourth-order valence-corrected chi connectivity index (χ4v) is 1.26. The molecule has 2 nitrogen and oxygen atoms in total. The zero-order chi connectivity index (χ0) is 11.9. The van der Waals surface area contributed by atoms with Crippen molar-refractivity contribution in [2.24, 2.45) is 5.73 Å². The molecule has 0 radical (unpaired) electrons. The Labute approximate surface area is 112 Å². The summed E-state index contributed by atoms with van der Waals surface area (Å²) in [4.78, 5) is 10.4. The van der Waals surface area contributed by atoms with Gasteiger partial charge in [-0.3, -0.25) is 4.79 Å². The van der Waals surface area contributed by atoms with Crippen LogP contribution in [-0.2, 0) is 25.6 Å². The van der Waals surface area contributed by atoms with Gasteiger partial charge in [-0.1, -0.05) is 45.4 Å². The molecule has 0 unspecified atom stereocenters. The molecular formula is C10H21Cl2NOZr. The topological polar surface area (TPSA) is 43.1 Å². The average molecular weight is 333 g/mol. The van der Waals surface area contributed by atoms with Crippen molar-refractivity contribution in [2.45, 2.75) is 58.3 Å². The number of carbonyl (C=O) groups excluding carboxylic acids is 1. The van der Waals surface area contributed by atoms with E-state index < -0.39 is 20.8 Å². The summed E-state index contributed by atoms with van der Waals surface area (Å²) in [7, 11) is 9.87. The van der Waals surface area contributed by atoms with Gasteiger partial charge in [0.15, 0.2) is 0 Å². The molecule has 0 aliphatic heterocycles. The van der Waals surface area contributed by atoms with Crippen LogP contribution in [0.5, 0.6) is 0 Å². The van der Waals surface area contributed by atoms with E-state index >= 15 is 0 Å². The molecule has 0 atom stereocenters. The molecule has 0 aromatic heterocycles. The van der Waals surface area contributed by atoms with Crippen LogP contribution < -0.4 is 5.73 Å². The van der Waals surface area contributed by atoms with Crippen LogP contribution in [0.1, 0.15) is 58.3 Å². The maximum absolute atomic E-state index is 10.4. The minimum absolute atomic E-state index is 0.163. The predicted molar refractivity (Wildman–Crippen MR) is 63.5 cm³/mol. The molecule has 2 N–H and O–H groups in total. The van der Waals surface area contributed by atoms with Crippen LogP contribution in [0, 0.1) is 0 Å². The molecule has 0 bridgehead atoms. The summed E-state index contributed by atoms with van der Waals surface area (Å²) in [5.41, 5.74) is 5.02. The summed E-state index contributed by atoms with van der Waals surface area (Å²) in [5.74, 6) is -0.163. The third kappa shape index (κ3) is 25.3. The second kappa shape index (κ2) is 17.3. The van der Waals surface area contributed by atoms with E-state index in [1.54, 1.807) is 0 Å². The van der Waals surface area contributed by atoms with Crippen LogP contribution in [0.3, 0.4) is 0 Å². The first-order valence-electron chi connectivity index (χ1n) is 5.43. The van der Waals surface area contributed by atoms with Crippen LogP contribution in [-0.4, -0.2) is 5.91 Å². The summed E-state index contributed by atoms with van der Waals surface area (Å²) >= 11 is -0.826. The van der Waals surface area contributed by atoms with Crippen molar-refractivity contribution < 1.29 is 25.6 Å². The molecule has 0 aliphatic rings. The molecule has 0 saturated carbocycles. The summed E-state index contributed by atoms with van der Waals surface area (Å²) < 4.78 is 0. The average Bonchev–Trinajstić information content (AvgIpc) is 2.17. The van der Waals surface area contributed by atoms with E-state index in [9.17, 15) is 4.79 Å². The van der Waals surface area contributed by atoms with Crippen LogP contribution in [0.25, 0.3) is 0 Å². The molecule has 0 aromatic carbocycles. The summed E-state index contributed by atoms with van der Waals surface area (Å²) in [6.07, 6.45) is 9.24. The van der Waals surface area contributed by atoms with Crippen LogP contribution >= 0.6 is 17.0 Å². The number of unbranched alkanes of at least 4 members (excludes halogenated alkanes) is 6. The van der Waals surface area contributed by atoms with Gasteiger partial charge in [-0.05, 0) is 6.42 Å². The van der Waals surface area contributed by atoms with Crippen molar-refractivity contribution >= 4 is 22.9 Å². The fourth-order valence-electron chi connectivity index (χ4n) is 1.26. The first kappa shape index (κ1) is 18.3. The summed E-state index contributed by atoms with van der Waals surface area (Å²) in [6, 6.07) is 0. The number of carbonyl (C=O) groups is 1. The SMILES string of the molecule is CCCCCCCCCC(N)=O.[Cl][Zr][Cl]. The van der Waals surface area contributed by atoms with Crippen molar-refractivity contribution in [3.05, 3.63) is 0 Å². The standard InChI is InChI=1S/C10H21NO.2ClH.Zr/c1-2-3-4-5-6-7-8-9-10(11)12;;;/h2-9H2,1H3,(H2,11,12);2*1H;/q;;;+2/p-2. The van der Waals surface area contributed by atoms with Gasteiger partial charge in [-0.2, -0.15) is 0 Å². The molecule has 0 heterocycles. The van der Waals surface area contributed by atoms with Crippen molar-refractivity contribution in [3.63, 3.8) is 0 Å². The Morgan fingerprint density at radius 2 is 1.47 bits per heavy atom. The number of nitrogens with two attached hydrogens (primary N) is 1. The van der Waals surface area contributed by atoms with E-state index in [2.05, 4.69) is 6.92 Å². The zero-order valence-electron chi connectivity index (χ0n) is 9.40. The van der Waals surface area contributed by atoms with Crippen LogP contribution in [0.15, 0.2) is 0 Å². The molecular weight excluding hydrogens is 312 g/mol. The van der Waals surface area contributed by atoms with E-state index in [-0.39, 0.29) is 5.91 Å². The van der Waals surface area contributed by atoms with Crippen molar-refractivity contribution in [1.82, 2.24) is 0 Å². The predicted octanol–water partition coefficient (Wildman–Crippen LogP) is 3.99. The van der Waals surface area contributed by atoms with Gasteiger partial charge in [-0.25, -0.2) is 0 Å². The van der Waals surface area contributed by atoms with Crippen molar-refractivity contribution in [1.29, 1.82) is 0 Å². The van der Waals surface area contributed by atoms with Gasteiger partial charge < -0.3 is 5.73 Å². The van der Waals surface area contributed by atoms with E-state index in [0.29, 0.717) is 6.42 Å². The Morgan fingerprint density at radius 1 is 1.07 bits per heavy atom. The quantitative estimate of drug-likeness (QED) is 0.671. The van der Waals surface area contributed by atoms with Gasteiger partial charge >= 0.3 is 37.9 Å². The second-order valence-electron chi connectivity index (χ2n) is 3.41. The van der Waals surface area contributed by atoms with Gasteiger partial charge in [0.05, 0.1) is 0 Å². The molecule has 1 amide bonds. The van der Waals surface area contributed by atoms with E-state index in [4.69, 9.17) is 22.8 Å². The molecule has 0 spiro atoms. The van der Waals surface area contributed by atoms with E-state index in [0.717, 1.165) is 12.8 Å². The summed E-state index contributed by atoms with van der Waals surface area (Å²) in [5, 5.41) is 0. The van der Waals surface area contributed by atoms with Gasteiger partial charge in [0, 0.05) is 6.42 Å². The molecule has 5 heteroatoms. The maximum atomic E-state index is 10.4. The molecule has 15 heavy (non-hydrogen) atoms. The zero-order valence-corrected chi connectivity index (χ0v) is 13.4. The third-order valence-corrected chi connectivity index (χ3v) is 2.03. The Balaban J connectivity index is 0. The van der Waals surface area contributed by atoms with Gasteiger partial charge in [-0.15, -0.1) is 0 Å². The van der Waals surface area contributed by atoms with Gasteiger partial charge in [0.25, 0.3) is 0 Å². The molecule has 0 aliphatic carbocycles. The normalized spacial score (nSPS) is 9.00. The monoisotopic (exact) mass is 331 g/mol. The Hall–Kier alpha value is 0.933.